The van der Waals surface area contributed by atoms with Crippen LogP contribution in [0, 0.1) is 0 Å². The molecule has 0 aliphatic rings. The fourth-order valence-electron chi connectivity index (χ4n) is 1.80. The minimum absolute atomic E-state index is 0.904. The van der Waals surface area contributed by atoms with Gasteiger partial charge in [-0.2, -0.15) is 0 Å². The molecule has 0 radical (unpaired) electrons. The molecule has 0 fully saturated rings. The molecular formula is C11H30O2Si3. The van der Waals surface area contributed by atoms with E-state index >= 15 is 0 Å². The molecule has 5 heteroatoms. The maximum Gasteiger partial charge on any atom is 0.300 e. The van der Waals surface area contributed by atoms with Crippen LogP contribution in [0.5, 0.6) is 0 Å². The van der Waals surface area contributed by atoms with E-state index in [0.29, 0.717) is 0 Å². The molecule has 0 unspecified atom stereocenters. The van der Waals surface area contributed by atoms with Crippen molar-refractivity contribution in [2.45, 2.75) is 71.3 Å². The Kier molecular flexibility index (Phi) is 11.1. The Balaban J connectivity index is 4.13. The lowest BCUT2D eigenvalue weighted by molar-refractivity contribution is 0.425. The van der Waals surface area contributed by atoms with Crippen LogP contribution >= 0.6 is 0 Å². The van der Waals surface area contributed by atoms with Crippen molar-refractivity contribution < 1.29 is 8.23 Å². The molecule has 16 heavy (non-hydrogen) atoms. The highest BCUT2D eigenvalue weighted by Crippen LogP contribution is 2.12. The fraction of sp³-hybridized carbons (Fsp3) is 1.00. The van der Waals surface area contributed by atoms with E-state index in [1.807, 2.05) is 0 Å². The van der Waals surface area contributed by atoms with Gasteiger partial charge in [-0.15, -0.1) is 0 Å². The Bertz CT molecular complexity index is 136. The van der Waals surface area contributed by atoms with Crippen LogP contribution in [-0.2, 0) is 8.23 Å². The third kappa shape index (κ3) is 7.01. The molecule has 0 rings (SSSR count). The van der Waals surface area contributed by atoms with Crippen LogP contribution < -0.4 is 0 Å². The summed E-state index contributed by atoms with van der Waals surface area (Å²) >= 11 is 0. The number of hydrogen-bond acceptors (Lipinski definition) is 2. The molecule has 0 aliphatic heterocycles. The summed E-state index contributed by atoms with van der Waals surface area (Å²) in [5, 5.41) is 0. The summed E-state index contributed by atoms with van der Waals surface area (Å²) in [5.74, 6) is 0. The van der Waals surface area contributed by atoms with Crippen molar-refractivity contribution >= 4 is 27.4 Å². The Morgan fingerprint density at radius 2 is 1.06 bits per heavy atom. The first-order chi connectivity index (χ1) is 7.71. The van der Waals surface area contributed by atoms with Crippen molar-refractivity contribution in [1.29, 1.82) is 0 Å². The first-order valence-electron chi connectivity index (χ1n) is 7.02. The predicted molar refractivity (Wildman–Crippen MR) is 80.6 cm³/mol. The van der Waals surface area contributed by atoms with Crippen LogP contribution in [0.25, 0.3) is 0 Å². The standard InChI is InChI=1S/C11H30O2Si3/c1-6-11-16(12-14(7-2)8-3)13-15(9-4)10-5/h14-16H,6-11H2,1-5H3. The van der Waals surface area contributed by atoms with Crippen molar-refractivity contribution in [3.8, 4) is 0 Å². The van der Waals surface area contributed by atoms with Crippen LogP contribution in [0.1, 0.15) is 41.0 Å². The second kappa shape index (κ2) is 10.7. The van der Waals surface area contributed by atoms with Crippen LogP contribution in [0.2, 0.25) is 30.2 Å². The molecule has 0 saturated heterocycles. The molecule has 0 N–H and O–H groups in total. The Hall–Kier alpha value is 0.571. The summed E-state index contributed by atoms with van der Waals surface area (Å²) in [6, 6.07) is 6.26. The zero-order valence-electron chi connectivity index (χ0n) is 11.8. The molecule has 0 heterocycles. The highest BCUT2D eigenvalue weighted by atomic mass is 28.4. The van der Waals surface area contributed by atoms with Gasteiger partial charge in [0.1, 0.15) is 0 Å². The van der Waals surface area contributed by atoms with Gasteiger partial charge in [0.25, 0.3) is 9.28 Å². The van der Waals surface area contributed by atoms with E-state index in [2.05, 4.69) is 34.6 Å². The first kappa shape index (κ1) is 16.6. The summed E-state index contributed by atoms with van der Waals surface area (Å²) in [6.07, 6.45) is 1.22. The van der Waals surface area contributed by atoms with Gasteiger partial charge < -0.3 is 8.23 Å². The lowest BCUT2D eigenvalue weighted by atomic mass is 10.6. The summed E-state index contributed by atoms with van der Waals surface area (Å²) in [4.78, 5) is 0. The van der Waals surface area contributed by atoms with Crippen molar-refractivity contribution in [1.82, 2.24) is 0 Å². The molecule has 0 bridgehead atoms. The lowest BCUT2D eigenvalue weighted by Crippen LogP contribution is -2.35. The van der Waals surface area contributed by atoms with Crippen molar-refractivity contribution in [3.63, 3.8) is 0 Å². The summed E-state index contributed by atoms with van der Waals surface area (Å²) in [7, 11) is -3.10. The molecule has 0 amide bonds. The van der Waals surface area contributed by atoms with E-state index in [9.17, 15) is 0 Å². The van der Waals surface area contributed by atoms with E-state index in [0.717, 1.165) is 0 Å². The third-order valence-electron chi connectivity index (χ3n) is 3.03. The number of hydrogen-bond donors (Lipinski definition) is 0. The van der Waals surface area contributed by atoms with Gasteiger partial charge in [-0.25, -0.2) is 0 Å². The second-order valence-corrected chi connectivity index (χ2v) is 13.7. The predicted octanol–water partition coefficient (Wildman–Crippen LogP) is 3.18. The summed E-state index contributed by atoms with van der Waals surface area (Å²) < 4.78 is 12.6. The smallest absolute Gasteiger partial charge is 0.300 e. The van der Waals surface area contributed by atoms with Gasteiger partial charge in [-0.3, -0.25) is 0 Å². The zero-order chi connectivity index (χ0) is 12.4. The molecule has 0 aromatic heterocycles. The topological polar surface area (TPSA) is 18.5 Å². The maximum atomic E-state index is 6.31. The van der Waals surface area contributed by atoms with Crippen LogP contribution in [0.4, 0.5) is 0 Å². The maximum absolute atomic E-state index is 6.31. The minimum atomic E-state index is -1.30. The Morgan fingerprint density at radius 3 is 1.31 bits per heavy atom. The molecule has 0 aliphatic carbocycles. The van der Waals surface area contributed by atoms with Gasteiger partial charge in [0, 0.05) is 0 Å². The van der Waals surface area contributed by atoms with E-state index in [1.54, 1.807) is 0 Å². The molecule has 98 valence electrons. The largest absolute Gasteiger partial charge is 0.441 e. The van der Waals surface area contributed by atoms with Crippen LogP contribution in [0.15, 0.2) is 0 Å². The monoisotopic (exact) mass is 278 g/mol. The van der Waals surface area contributed by atoms with Crippen molar-refractivity contribution in [3.05, 3.63) is 0 Å². The van der Waals surface area contributed by atoms with Crippen LogP contribution in [-0.4, -0.2) is 27.4 Å². The highest BCUT2D eigenvalue weighted by molar-refractivity contribution is 6.68. The SMILES string of the molecule is CCC[SiH](O[SiH](CC)CC)O[SiH](CC)CC. The van der Waals surface area contributed by atoms with Gasteiger partial charge in [0.15, 0.2) is 18.1 Å². The van der Waals surface area contributed by atoms with Gasteiger partial charge in [-0.05, 0) is 30.2 Å². The normalized spacial score (nSPS) is 12.0. The summed E-state index contributed by atoms with van der Waals surface area (Å²) in [6.45, 7) is 11.3. The number of rotatable bonds is 10. The second-order valence-electron chi connectivity index (χ2n) is 4.37. The van der Waals surface area contributed by atoms with E-state index in [1.165, 1.54) is 36.6 Å². The molecule has 0 saturated carbocycles. The third-order valence-corrected chi connectivity index (χ3v) is 13.2. The Morgan fingerprint density at radius 1 is 0.688 bits per heavy atom. The molecule has 0 atom stereocenters. The van der Waals surface area contributed by atoms with Crippen molar-refractivity contribution in [2.24, 2.45) is 0 Å². The van der Waals surface area contributed by atoms with Crippen LogP contribution in [0.3, 0.4) is 0 Å². The molecular weight excluding hydrogens is 248 g/mol. The van der Waals surface area contributed by atoms with Gasteiger partial charge in [-0.1, -0.05) is 41.0 Å². The molecule has 0 aromatic carbocycles. The highest BCUT2D eigenvalue weighted by Gasteiger charge is 2.21. The molecule has 0 spiro atoms. The van der Waals surface area contributed by atoms with E-state index < -0.39 is 27.4 Å². The van der Waals surface area contributed by atoms with Crippen molar-refractivity contribution in [2.75, 3.05) is 0 Å². The average Bonchev–Trinajstić information content (AvgIpc) is 2.32. The molecule has 0 aromatic rings. The van der Waals surface area contributed by atoms with Gasteiger partial charge >= 0.3 is 0 Å². The Labute approximate surface area is 107 Å². The molecule has 2 nitrogen and oxygen atoms in total. The summed E-state index contributed by atoms with van der Waals surface area (Å²) in [5.41, 5.74) is 0. The first-order valence-corrected chi connectivity index (χ1v) is 13.0. The van der Waals surface area contributed by atoms with E-state index in [4.69, 9.17) is 8.23 Å². The van der Waals surface area contributed by atoms with E-state index in [-0.39, 0.29) is 0 Å². The minimum Gasteiger partial charge on any atom is -0.441 e. The fourth-order valence-corrected chi connectivity index (χ4v) is 11.9. The quantitative estimate of drug-likeness (QED) is 0.572. The zero-order valence-corrected chi connectivity index (χ0v) is 15.3. The average molecular weight is 279 g/mol. The van der Waals surface area contributed by atoms with Gasteiger partial charge in [0.05, 0.1) is 0 Å². The van der Waals surface area contributed by atoms with Gasteiger partial charge in [0.2, 0.25) is 0 Å². The lowest BCUT2D eigenvalue weighted by Gasteiger charge is -2.25.